The molecule has 1 unspecified atom stereocenters. The summed E-state index contributed by atoms with van der Waals surface area (Å²) in [5, 5.41) is 19.1. The molecule has 0 aliphatic heterocycles. The van der Waals surface area contributed by atoms with Crippen LogP contribution in [0.4, 0.5) is 0 Å². The minimum atomic E-state index is -0.921. The molecule has 0 saturated carbocycles. The number of hydrogen-bond donors (Lipinski definition) is 2. The fourth-order valence-corrected chi connectivity index (χ4v) is 2.51. The molecular formula is C19H23NO3. The Bertz CT molecular complexity index is 628. The van der Waals surface area contributed by atoms with E-state index in [-0.39, 0.29) is 6.10 Å². The first-order valence-electron chi connectivity index (χ1n) is 7.85. The highest BCUT2D eigenvalue weighted by molar-refractivity contribution is 5.87. The molecule has 4 heteroatoms. The van der Waals surface area contributed by atoms with Gasteiger partial charge in [-0.1, -0.05) is 49.4 Å². The standard InChI is InChI=1S/C19H23NO3/c1-2-18(21)14-20(12-15-7-4-3-5-8-15)13-16-9-6-10-17(11-16)19(22)23/h3-11,18,21H,2,12-14H2,1H3,(H,22,23). The summed E-state index contributed by atoms with van der Waals surface area (Å²) in [6, 6.07) is 17.0. The summed E-state index contributed by atoms with van der Waals surface area (Å²) < 4.78 is 0. The summed E-state index contributed by atoms with van der Waals surface area (Å²) in [7, 11) is 0. The van der Waals surface area contributed by atoms with Gasteiger partial charge < -0.3 is 10.2 Å². The number of carboxylic acids is 1. The summed E-state index contributed by atoms with van der Waals surface area (Å²) in [5.74, 6) is -0.921. The largest absolute Gasteiger partial charge is 0.478 e. The molecule has 0 radical (unpaired) electrons. The number of carbonyl (C=O) groups is 1. The van der Waals surface area contributed by atoms with Crippen LogP contribution in [0.3, 0.4) is 0 Å². The van der Waals surface area contributed by atoms with E-state index in [1.165, 1.54) is 5.56 Å². The van der Waals surface area contributed by atoms with Crippen molar-refractivity contribution in [1.82, 2.24) is 4.90 Å². The van der Waals surface area contributed by atoms with Crippen LogP contribution < -0.4 is 0 Å². The number of carboxylic acid groups (broad SMARTS) is 1. The van der Waals surface area contributed by atoms with Gasteiger partial charge in [-0.3, -0.25) is 4.90 Å². The number of aliphatic hydroxyl groups excluding tert-OH is 1. The average Bonchev–Trinajstić information content (AvgIpc) is 2.55. The van der Waals surface area contributed by atoms with Gasteiger partial charge >= 0.3 is 5.97 Å². The lowest BCUT2D eigenvalue weighted by molar-refractivity contribution is 0.0696. The molecule has 0 heterocycles. The lowest BCUT2D eigenvalue weighted by Gasteiger charge is -2.25. The molecule has 23 heavy (non-hydrogen) atoms. The maximum Gasteiger partial charge on any atom is 0.335 e. The molecule has 0 amide bonds. The highest BCUT2D eigenvalue weighted by Crippen LogP contribution is 2.13. The Hall–Kier alpha value is -2.17. The SMILES string of the molecule is CCC(O)CN(Cc1ccccc1)Cc1cccc(C(=O)O)c1. The van der Waals surface area contributed by atoms with Gasteiger partial charge in [0.2, 0.25) is 0 Å². The topological polar surface area (TPSA) is 60.8 Å². The van der Waals surface area contributed by atoms with Crippen LogP contribution in [-0.2, 0) is 13.1 Å². The summed E-state index contributed by atoms with van der Waals surface area (Å²) in [5.41, 5.74) is 2.40. The van der Waals surface area contributed by atoms with E-state index in [0.29, 0.717) is 25.1 Å². The monoisotopic (exact) mass is 313 g/mol. The van der Waals surface area contributed by atoms with Gasteiger partial charge in [-0.2, -0.15) is 0 Å². The zero-order valence-corrected chi connectivity index (χ0v) is 13.4. The van der Waals surface area contributed by atoms with Crippen LogP contribution in [0.25, 0.3) is 0 Å². The Morgan fingerprint density at radius 3 is 2.35 bits per heavy atom. The zero-order chi connectivity index (χ0) is 16.7. The summed E-state index contributed by atoms with van der Waals surface area (Å²) >= 11 is 0. The highest BCUT2D eigenvalue weighted by atomic mass is 16.4. The molecule has 2 rings (SSSR count). The predicted octanol–water partition coefficient (Wildman–Crippen LogP) is 3.16. The van der Waals surface area contributed by atoms with Crippen LogP contribution in [0, 0.1) is 0 Å². The third-order valence-corrected chi connectivity index (χ3v) is 3.77. The molecule has 0 aliphatic rings. The minimum absolute atomic E-state index is 0.290. The number of aliphatic hydroxyl groups is 1. The lowest BCUT2D eigenvalue weighted by Crippen LogP contribution is -2.31. The summed E-state index contributed by atoms with van der Waals surface area (Å²) in [6.45, 7) is 3.83. The van der Waals surface area contributed by atoms with Crippen LogP contribution >= 0.6 is 0 Å². The third-order valence-electron chi connectivity index (χ3n) is 3.77. The lowest BCUT2D eigenvalue weighted by atomic mass is 10.1. The van der Waals surface area contributed by atoms with Crippen molar-refractivity contribution in [2.75, 3.05) is 6.54 Å². The van der Waals surface area contributed by atoms with Crippen molar-refractivity contribution in [2.45, 2.75) is 32.5 Å². The highest BCUT2D eigenvalue weighted by Gasteiger charge is 2.13. The number of nitrogens with zero attached hydrogens (tertiary/aromatic N) is 1. The minimum Gasteiger partial charge on any atom is -0.478 e. The van der Waals surface area contributed by atoms with Gasteiger partial charge in [0.1, 0.15) is 0 Å². The molecule has 1 atom stereocenters. The van der Waals surface area contributed by atoms with E-state index in [4.69, 9.17) is 5.11 Å². The van der Waals surface area contributed by atoms with Crippen molar-refractivity contribution < 1.29 is 15.0 Å². The Kier molecular flexibility index (Phi) is 6.32. The van der Waals surface area contributed by atoms with Gasteiger partial charge in [-0.25, -0.2) is 4.79 Å². The van der Waals surface area contributed by atoms with Crippen LogP contribution in [0.15, 0.2) is 54.6 Å². The van der Waals surface area contributed by atoms with Crippen LogP contribution in [0.2, 0.25) is 0 Å². The Balaban J connectivity index is 2.13. The molecule has 2 aromatic carbocycles. The summed E-state index contributed by atoms with van der Waals surface area (Å²) in [4.78, 5) is 13.2. The van der Waals surface area contributed by atoms with E-state index in [1.807, 2.05) is 31.2 Å². The van der Waals surface area contributed by atoms with E-state index >= 15 is 0 Å². The predicted molar refractivity (Wildman–Crippen MR) is 90.3 cm³/mol. The van der Waals surface area contributed by atoms with Gasteiger partial charge in [-0.05, 0) is 29.7 Å². The molecule has 0 spiro atoms. The maximum absolute atomic E-state index is 11.1. The Morgan fingerprint density at radius 2 is 1.70 bits per heavy atom. The van der Waals surface area contributed by atoms with Gasteiger partial charge in [0, 0.05) is 19.6 Å². The van der Waals surface area contributed by atoms with Gasteiger partial charge in [0.15, 0.2) is 0 Å². The smallest absolute Gasteiger partial charge is 0.335 e. The zero-order valence-electron chi connectivity index (χ0n) is 13.4. The normalized spacial score (nSPS) is 12.3. The van der Waals surface area contributed by atoms with E-state index < -0.39 is 5.97 Å². The molecule has 0 aliphatic carbocycles. The van der Waals surface area contributed by atoms with Gasteiger partial charge in [0.25, 0.3) is 0 Å². The van der Waals surface area contributed by atoms with Crippen LogP contribution in [0.5, 0.6) is 0 Å². The molecule has 0 fully saturated rings. The van der Waals surface area contributed by atoms with E-state index in [0.717, 1.165) is 12.1 Å². The first-order valence-corrected chi connectivity index (χ1v) is 7.85. The van der Waals surface area contributed by atoms with Crippen molar-refractivity contribution in [1.29, 1.82) is 0 Å². The second-order valence-electron chi connectivity index (χ2n) is 5.72. The molecule has 2 aromatic rings. The van der Waals surface area contributed by atoms with Gasteiger partial charge in [0.05, 0.1) is 11.7 Å². The third kappa shape index (κ3) is 5.51. The first-order chi connectivity index (χ1) is 11.1. The molecule has 4 nitrogen and oxygen atoms in total. The molecule has 0 aromatic heterocycles. The number of hydrogen-bond acceptors (Lipinski definition) is 3. The van der Waals surface area contributed by atoms with Crippen LogP contribution in [-0.4, -0.2) is 33.7 Å². The summed E-state index contributed by atoms with van der Waals surface area (Å²) in [6.07, 6.45) is 0.307. The first kappa shape index (κ1) is 17.2. The molecule has 0 bridgehead atoms. The van der Waals surface area contributed by atoms with Crippen molar-refractivity contribution >= 4 is 5.97 Å². The van der Waals surface area contributed by atoms with Crippen LogP contribution in [0.1, 0.15) is 34.8 Å². The van der Waals surface area contributed by atoms with E-state index in [2.05, 4.69) is 17.0 Å². The maximum atomic E-state index is 11.1. The molecule has 122 valence electrons. The fraction of sp³-hybridized carbons (Fsp3) is 0.316. The Labute approximate surface area is 137 Å². The average molecular weight is 313 g/mol. The van der Waals surface area contributed by atoms with E-state index in [1.54, 1.807) is 18.2 Å². The van der Waals surface area contributed by atoms with Crippen molar-refractivity contribution in [3.63, 3.8) is 0 Å². The number of benzene rings is 2. The quantitative estimate of drug-likeness (QED) is 0.786. The molecule has 0 saturated heterocycles. The van der Waals surface area contributed by atoms with Crippen molar-refractivity contribution in [3.8, 4) is 0 Å². The fourth-order valence-electron chi connectivity index (χ4n) is 2.51. The molecular weight excluding hydrogens is 290 g/mol. The molecule has 2 N–H and O–H groups in total. The van der Waals surface area contributed by atoms with Crippen molar-refractivity contribution in [2.24, 2.45) is 0 Å². The number of rotatable bonds is 8. The Morgan fingerprint density at radius 1 is 1.04 bits per heavy atom. The number of aromatic carboxylic acids is 1. The second kappa shape index (κ2) is 8.46. The van der Waals surface area contributed by atoms with E-state index in [9.17, 15) is 9.90 Å². The van der Waals surface area contributed by atoms with Crippen molar-refractivity contribution in [3.05, 3.63) is 71.3 Å². The second-order valence-corrected chi connectivity index (χ2v) is 5.72. The van der Waals surface area contributed by atoms with Gasteiger partial charge in [-0.15, -0.1) is 0 Å².